The summed E-state index contributed by atoms with van der Waals surface area (Å²) < 4.78 is 0.961. The van der Waals surface area contributed by atoms with Crippen molar-refractivity contribution in [3.63, 3.8) is 0 Å². The number of benzene rings is 1. The van der Waals surface area contributed by atoms with E-state index in [1.807, 2.05) is 6.08 Å². The van der Waals surface area contributed by atoms with Crippen LogP contribution in [0.3, 0.4) is 0 Å². The summed E-state index contributed by atoms with van der Waals surface area (Å²) in [6.07, 6.45) is 5.83. The van der Waals surface area contributed by atoms with Crippen LogP contribution in [0.25, 0.3) is 6.08 Å². The Morgan fingerprint density at radius 1 is 1.30 bits per heavy atom. The van der Waals surface area contributed by atoms with E-state index in [4.69, 9.17) is 5.26 Å². The molecule has 0 aromatic heterocycles. The van der Waals surface area contributed by atoms with Crippen molar-refractivity contribution in [2.75, 3.05) is 20.6 Å². The molecule has 0 aliphatic carbocycles. The van der Waals surface area contributed by atoms with E-state index in [0.717, 1.165) is 4.48 Å². The summed E-state index contributed by atoms with van der Waals surface area (Å²) in [5.74, 6) is 0. The molecule has 0 saturated carbocycles. The summed E-state index contributed by atoms with van der Waals surface area (Å²) in [7, 11) is 4.58. The second-order valence-electron chi connectivity index (χ2n) is 5.52. The first-order chi connectivity index (χ1) is 9.41. The lowest BCUT2D eigenvalue weighted by Crippen LogP contribution is -2.41. The third kappa shape index (κ3) is 6.79. The number of aryl methyl sites for hydroxylation is 1. The van der Waals surface area contributed by atoms with E-state index in [9.17, 15) is 0 Å². The van der Waals surface area contributed by atoms with E-state index in [0.29, 0.717) is 0 Å². The van der Waals surface area contributed by atoms with Gasteiger partial charge in [0, 0.05) is 12.1 Å². The lowest BCUT2D eigenvalue weighted by molar-refractivity contribution is 0.384. The molecule has 0 bridgehead atoms. The van der Waals surface area contributed by atoms with Gasteiger partial charge in [-0.1, -0.05) is 44.7 Å². The molecule has 1 rings (SSSR count). The fourth-order valence-corrected chi connectivity index (χ4v) is 2.15. The molecule has 0 unspecified atom stereocenters. The van der Waals surface area contributed by atoms with Gasteiger partial charge >= 0.3 is 0 Å². The van der Waals surface area contributed by atoms with Gasteiger partial charge in [-0.25, -0.2) is 0 Å². The zero-order chi connectivity index (χ0) is 15.6. The minimum Gasteiger partial charge on any atom is -0.296 e. The second kappa shape index (κ2) is 9.63. The lowest BCUT2D eigenvalue weighted by Gasteiger charge is -2.30. The van der Waals surface area contributed by atoms with Crippen molar-refractivity contribution in [3.05, 3.63) is 35.9 Å². The maximum Gasteiger partial charge on any atom is 0.133 e. The highest BCUT2D eigenvalue weighted by molar-refractivity contribution is 7.85. The molecule has 0 saturated heterocycles. The van der Waals surface area contributed by atoms with E-state index in [2.05, 4.69) is 65.3 Å². The first-order valence-corrected chi connectivity index (χ1v) is 7.46. The quantitative estimate of drug-likeness (QED) is 0.346. The molecule has 0 radical (unpaired) electrons. The molecule has 0 amide bonds. The highest BCUT2D eigenvalue weighted by atomic mass is 32.1. The number of unbranched alkanes of at least 4 members (excludes halogenated alkanes) is 2. The largest absolute Gasteiger partial charge is 0.296 e. The van der Waals surface area contributed by atoms with Crippen LogP contribution in [0.1, 0.15) is 37.3 Å². The van der Waals surface area contributed by atoms with Crippen molar-refractivity contribution in [2.45, 2.75) is 33.1 Å². The number of nitrogens with zero attached hydrogens (tertiary/aromatic N) is 2. The van der Waals surface area contributed by atoms with Crippen LogP contribution >= 0.6 is 12.6 Å². The predicted octanol–water partition coefficient (Wildman–Crippen LogP) is 4.79. The van der Waals surface area contributed by atoms with Crippen LogP contribution in [0.4, 0.5) is 5.69 Å². The molecule has 0 aliphatic rings. The van der Waals surface area contributed by atoms with Gasteiger partial charge in [0.05, 0.1) is 20.6 Å². The Balaban J connectivity index is 0.00000110. The zero-order valence-electron chi connectivity index (χ0n) is 13.2. The SMILES string of the molecule is C=Cc1cc(C)cc([N+](C)(C)CCCCC)c1.N#CS. The van der Waals surface area contributed by atoms with Gasteiger partial charge in [0.15, 0.2) is 0 Å². The van der Waals surface area contributed by atoms with Gasteiger partial charge in [0.2, 0.25) is 0 Å². The van der Waals surface area contributed by atoms with Crippen LogP contribution in [0, 0.1) is 17.6 Å². The molecule has 0 aliphatic heterocycles. The minimum absolute atomic E-state index is 0.961. The highest BCUT2D eigenvalue weighted by Crippen LogP contribution is 2.24. The van der Waals surface area contributed by atoms with E-state index >= 15 is 0 Å². The van der Waals surface area contributed by atoms with Crippen LogP contribution in [0.5, 0.6) is 0 Å². The number of hydrogen-bond donors (Lipinski definition) is 1. The standard InChI is InChI=1S/C16H26N.CHNS/c1-6-8-9-10-17(4,5)16-12-14(3)11-15(7-2)13-16;2-1-3/h7,11-13H,2,6,8-10H2,1,3-5H3;3H/q+1;. The topological polar surface area (TPSA) is 23.8 Å². The number of nitriles is 1. The smallest absolute Gasteiger partial charge is 0.133 e. The molecule has 0 fully saturated rings. The van der Waals surface area contributed by atoms with Crippen molar-refractivity contribution < 1.29 is 0 Å². The Hall–Kier alpha value is -1.24. The molecule has 2 nitrogen and oxygen atoms in total. The summed E-state index contributed by atoms with van der Waals surface area (Å²) >= 11 is 3.09. The summed E-state index contributed by atoms with van der Waals surface area (Å²) in [5, 5.41) is 8.63. The van der Waals surface area contributed by atoms with Crippen LogP contribution in [-0.2, 0) is 0 Å². The molecular formula is C17H27N2S+. The molecule has 3 heteroatoms. The van der Waals surface area contributed by atoms with Crippen molar-refractivity contribution in [3.8, 4) is 5.40 Å². The van der Waals surface area contributed by atoms with E-state index in [1.54, 1.807) is 0 Å². The third-order valence-corrected chi connectivity index (χ3v) is 3.34. The summed E-state index contributed by atoms with van der Waals surface area (Å²) in [5.41, 5.74) is 3.93. The van der Waals surface area contributed by atoms with Gasteiger partial charge in [-0.05, 0) is 30.9 Å². The number of thiol groups is 1. The number of rotatable bonds is 6. The summed E-state index contributed by atoms with van der Waals surface area (Å²) in [4.78, 5) is 0. The van der Waals surface area contributed by atoms with Crippen molar-refractivity contribution in [2.24, 2.45) is 0 Å². The maximum atomic E-state index is 7.18. The van der Waals surface area contributed by atoms with Gasteiger partial charge in [-0.3, -0.25) is 4.48 Å². The summed E-state index contributed by atoms with van der Waals surface area (Å²) in [6.45, 7) is 9.47. The van der Waals surface area contributed by atoms with Gasteiger partial charge in [0.1, 0.15) is 11.1 Å². The highest BCUT2D eigenvalue weighted by Gasteiger charge is 2.18. The van der Waals surface area contributed by atoms with Crippen LogP contribution < -0.4 is 4.48 Å². The summed E-state index contributed by atoms with van der Waals surface area (Å²) in [6, 6.07) is 6.73. The average molecular weight is 291 g/mol. The Bertz CT molecular complexity index is 459. The van der Waals surface area contributed by atoms with Crippen molar-refractivity contribution in [1.82, 2.24) is 4.48 Å². The normalized spacial score (nSPS) is 10.2. The molecule has 1 aromatic rings. The fourth-order valence-electron chi connectivity index (χ4n) is 2.15. The Morgan fingerprint density at radius 3 is 2.40 bits per heavy atom. The van der Waals surface area contributed by atoms with Crippen molar-refractivity contribution >= 4 is 24.4 Å². The molecular weight excluding hydrogens is 264 g/mol. The Labute approximate surface area is 129 Å². The first-order valence-electron chi connectivity index (χ1n) is 7.02. The van der Waals surface area contributed by atoms with E-state index in [1.165, 1.54) is 48.0 Å². The monoisotopic (exact) mass is 291 g/mol. The third-order valence-electron chi connectivity index (χ3n) is 3.34. The molecule has 0 heterocycles. The van der Waals surface area contributed by atoms with Crippen LogP contribution in [0.2, 0.25) is 0 Å². The Kier molecular flexibility index (Phi) is 9.03. The maximum absolute atomic E-state index is 7.18. The van der Waals surface area contributed by atoms with E-state index < -0.39 is 0 Å². The van der Waals surface area contributed by atoms with Gasteiger partial charge in [-0.15, -0.1) is 0 Å². The first kappa shape index (κ1) is 18.8. The lowest BCUT2D eigenvalue weighted by atomic mass is 10.1. The Morgan fingerprint density at radius 2 is 1.90 bits per heavy atom. The zero-order valence-corrected chi connectivity index (χ0v) is 14.1. The number of hydrogen-bond acceptors (Lipinski definition) is 2. The second-order valence-corrected chi connectivity index (χ2v) is 5.72. The van der Waals surface area contributed by atoms with Gasteiger partial charge in [-0.2, -0.15) is 5.26 Å². The number of thiocyanates is 1. The fraction of sp³-hybridized carbons (Fsp3) is 0.471. The number of quaternary nitrogens is 1. The molecule has 0 atom stereocenters. The van der Waals surface area contributed by atoms with Gasteiger partial charge in [0.25, 0.3) is 0 Å². The molecule has 0 spiro atoms. The van der Waals surface area contributed by atoms with Crippen molar-refractivity contribution in [1.29, 1.82) is 5.26 Å². The predicted molar refractivity (Wildman–Crippen MR) is 93.9 cm³/mol. The molecule has 1 aromatic carbocycles. The van der Waals surface area contributed by atoms with Crippen LogP contribution in [0.15, 0.2) is 24.8 Å². The molecule has 110 valence electrons. The average Bonchev–Trinajstić information content (AvgIpc) is 2.39. The molecule has 20 heavy (non-hydrogen) atoms. The van der Waals surface area contributed by atoms with Gasteiger partial charge < -0.3 is 0 Å². The van der Waals surface area contributed by atoms with Crippen LogP contribution in [-0.4, -0.2) is 20.6 Å². The minimum atomic E-state index is 0.961. The molecule has 0 N–H and O–H groups in total. The van der Waals surface area contributed by atoms with E-state index in [-0.39, 0.29) is 0 Å².